The molecular weight excluding hydrogens is 220 g/mol. The molecule has 0 aliphatic rings. The van der Waals surface area contributed by atoms with E-state index in [0.29, 0.717) is 12.0 Å². The van der Waals surface area contributed by atoms with Crippen molar-refractivity contribution in [2.45, 2.75) is 32.6 Å². The zero-order valence-corrected chi connectivity index (χ0v) is 9.77. The molecule has 0 heterocycles. The Labute approximate surface area is 99.9 Å². The lowest BCUT2D eigenvalue weighted by Crippen LogP contribution is -2.06. The van der Waals surface area contributed by atoms with E-state index in [0.717, 1.165) is 19.3 Å². The van der Waals surface area contributed by atoms with Crippen molar-refractivity contribution in [1.82, 2.24) is 0 Å². The van der Waals surface area contributed by atoms with Crippen LogP contribution in [0.2, 0.25) is 0 Å². The van der Waals surface area contributed by atoms with Crippen LogP contribution in [-0.2, 0) is 6.42 Å². The first-order chi connectivity index (χ1) is 8.06. The summed E-state index contributed by atoms with van der Waals surface area (Å²) in [7, 11) is 0. The first-order valence-electron chi connectivity index (χ1n) is 5.65. The Morgan fingerprint density at radius 1 is 1.12 bits per heavy atom. The monoisotopic (exact) mass is 236 g/mol. The molecule has 17 heavy (non-hydrogen) atoms. The Morgan fingerprint density at radius 3 is 2.35 bits per heavy atom. The molecule has 1 aromatic rings. The fraction of sp³-hybridized carbons (Fsp3) is 0.385. The predicted molar refractivity (Wildman–Crippen MR) is 63.6 cm³/mol. The minimum atomic E-state index is -1.03. The molecule has 4 nitrogen and oxygen atoms in total. The highest BCUT2D eigenvalue weighted by atomic mass is 16.4. The smallest absolute Gasteiger partial charge is 0.335 e. The molecule has 0 saturated heterocycles. The van der Waals surface area contributed by atoms with Gasteiger partial charge in [0.1, 0.15) is 0 Å². The molecule has 0 fully saturated rings. The van der Waals surface area contributed by atoms with Crippen molar-refractivity contribution >= 4 is 11.9 Å². The largest absolute Gasteiger partial charge is 0.478 e. The second kappa shape index (κ2) is 6.03. The fourth-order valence-electron chi connectivity index (χ4n) is 1.71. The highest BCUT2D eigenvalue weighted by molar-refractivity contribution is 5.93. The molecule has 0 saturated carbocycles. The highest BCUT2D eigenvalue weighted by Gasteiger charge is 2.12. The molecule has 0 spiro atoms. The molecule has 0 aliphatic carbocycles. The molecule has 0 aliphatic heterocycles. The van der Waals surface area contributed by atoms with Crippen LogP contribution in [-0.4, -0.2) is 22.2 Å². The van der Waals surface area contributed by atoms with Gasteiger partial charge in [0.05, 0.1) is 11.1 Å². The summed E-state index contributed by atoms with van der Waals surface area (Å²) in [5.74, 6) is -2.04. The number of rotatable bonds is 6. The molecule has 92 valence electrons. The first-order valence-corrected chi connectivity index (χ1v) is 5.65. The van der Waals surface area contributed by atoms with Gasteiger partial charge in [-0.2, -0.15) is 0 Å². The zero-order chi connectivity index (χ0) is 12.8. The van der Waals surface area contributed by atoms with E-state index in [2.05, 4.69) is 6.92 Å². The average Bonchev–Trinajstić information content (AvgIpc) is 2.28. The lowest BCUT2D eigenvalue weighted by molar-refractivity contribution is 0.0680. The molecule has 2 N–H and O–H groups in total. The number of hydrogen-bond acceptors (Lipinski definition) is 2. The Balaban J connectivity index is 2.98. The van der Waals surface area contributed by atoms with E-state index in [1.54, 1.807) is 0 Å². The lowest BCUT2D eigenvalue weighted by Gasteiger charge is -2.07. The molecule has 4 heteroatoms. The van der Waals surface area contributed by atoms with Crippen molar-refractivity contribution < 1.29 is 19.8 Å². The number of aromatic carboxylic acids is 2. The Hall–Kier alpha value is -1.84. The Bertz CT molecular complexity index is 423. The number of benzene rings is 1. The molecule has 0 aromatic heterocycles. The minimum Gasteiger partial charge on any atom is -0.478 e. The van der Waals surface area contributed by atoms with Gasteiger partial charge in [0.25, 0.3) is 0 Å². The summed E-state index contributed by atoms with van der Waals surface area (Å²) in [5.41, 5.74) is 0.943. The fourth-order valence-corrected chi connectivity index (χ4v) is 1.71. The van der Waals surface area contributed by atoms with Gasteiger partial charge in [0.2, 0.25) is 0 Å². The minimum absolute atomic E-state index is 0.140. The van der Waals surface area contributed by atoms with Crippen LogP contribution in [0.5, 0.6) is 0 Å². The van der Waals surface area contributed by atoms with Crippen LogP contribution in [0.1, 0.15) is 52.5 Å². The van der Waals surface area contributed by atoms with E-state index in [1.807, 2.05) is 0 Å². The van der Waals surface area contributed by atoms with Crippen LogP contribution in [0.3, 0.4) is 0 Å². The molecule has 0 unspecified atom stereocenters. The lowest BCUT2D eigenvalue weighted by atomic mass is 9.99. The summed E-state index contributed by atoms with van der Waals surface area (Å²) >= 11 is 0. The third-order valence-corrected chi connectivity index (χ3v) is 2.63. The number of carboxylic acid groups (broad SMARTS) is 2. The van der Waals surface area contributed by atoms with Gasteiger partial charge >= 0.3 is 11.9 Å². The van der Waals surface area contributed by atoms with Crippen LogP contribution in [0.4, 0.5) is 0 Å². The summed E-state index contributed by atoms with van der Waals surface area (Å²) in [4.78, 5) is 21.8. The summed E-state index contributed by atoms with van der Waals surface area (Å²) in [6, 6.07) is 4.16. The first kappa shape index (κ1) is 13.2. The van der Waals surface area contributed by atoms with Crippen molar-refractivity contribution in [3.05, 3.63) is 34.9 Å². The number of hydrogen-bond donors (Lipinski definition) is 2. The van der Waals surface area contributed by atoms with Crippen LogP contribution in [0, 0.1) is 0 Å². The zero-order valence-electron chi connectivity index (χ0n) is 9.77. The van der Waals surface area contributed by atoms with E-state index in [9.17, 15) is 9.59 Å². The van der Waals surface area contributed by atoms with Crippen LogP contribution in [0.15, 0.2) is 18.2 Å². The van der Waals surface area contributed by atoms with Crippen molar-refractivity contribution in [3.8, 4) is 0 Å². The second-order valence-corrected chi connectivity index (χ2v) is 3.94. The van der Waals surface area contributed by atoms with Gasteiger partial charge < -0.3 is 10.2 Å². The molecule has 0 radical (unpaired) electrons. The van der Waals surface area contributed by atoms with Crippen molar-refractivity contribution in [2.75, 3.05) is 0 Å². The molecule has 0 bridgehead atoms. The Morgan fingerprint density at radius 2 is 1.82 bits per heavy atom. The highest BCUT2D eigenvalue weighted by Crippen LogP contribution is 2.16. The van der Waals surface area contributed by atoms with Crippen molar-refractivity contribution in [3.63, 3.8) is 0 Å². The van der Waals surface area contributed by atoms with E-state index in [-0.39, 0.29) is 11.1 Å². The van der Waals surface area contributed by atoms with Gasteiger partial charge in [-0.25, -0.2) is 9.59 Å². The summed E-state index contributed by atoms with van der Waals surface area (Å²) in [5, 5.41) is 17.9. The average molecular weight is 236 g/mol. The van der Waals surface area contributed by atoms with Crippen LogP contribution in [0.25, 0.3) is 0 Å². The topological polar surface area (TPSA) is 74.6 Å². The van der Waals surface area contributed by atoms with Gasteiger partial charge in [-0.05, 0) is 36.6 Å². The Kier molecular flexibility index (Phi) is 4.69. The maximum absolute atomic E-state index is 11.0. The molecular formula is C13H16O4. The third-order valence-electron chi connectivity index (χ3n) is 2.63. The maximum Gasteiger partial charge on any atom is 0.335 e. The van der Waals surface area contributed by atoms with Crippen LogP contribution >= 0.6 is 0 Å². The van der Waals surface area contributed by atoms with Gasteiger partial charge in [-0.1, -0.05) is 19.8 Å². The molecule has 0 atom stereocenters. The van der Waals surface area contributed by atoms with Gasteiger partial charge in [-0.3, -0.25) is 0 Å². The normalized spacial score (nSPS) is 10.2. The standard InChI is InChI=1S/C13H16O4/c1-2-3-4-5-9-8-10(12(14)15)6-7-11(9)13(16)17/h6-8H,2-5H2,1H3,(H,14,15)(H,16,17). The second-order valence-electron chi connectivity index (χ2n) is 3.94. The van der Waals surface area contributed by atoms with Gasteiger partial charge in [-0.15, -0.1) is 0 Å². The van der Waals surface area contributed by atoms with E-state index < -0.39 is 11.9 Å². The molecule has 1 aromatic carbocycles. The third kappa shape index (κ3) is 3.59. The summed E-state index contributed by atoms with van der Waals surface area (Å²) in [6.45, 7) is 2.06. The van der Waals surface area contributed by atoms with Crippen LogP contribution < -0.4 is 0 Å². The molecule has 1 rings (SSSR count). The van der Waals surface area contributed by atoms with E-state index in [1.165, 1.54) is 18.2 Å². The van der Waals surface area contributed by atoms with Gasteiger partial charge in [0.15, 0.2) is 0 Å². The number of carbonyl (C=O) groups is 2. The summed E-state index contributed by atoms with van der Waals surface area (Å²) < 4.78 is 0. The summed E-state index contributed by atoms with van der Waals surface area (Å²) in [6.07, 6.45) is 3.54. The van der Waals surface area contributed by atoms with Crippen molar-refractivity contribution in [2.24, 2.45) is 0 Å². The van der Waals surface area contributed by atoms with E-state index in [4.69, 9.17) is 10.2 Å². The maximum atomic E-state index is 11.0. The number of aryl methyl sites for hydroxylation is 1. The molecule has 0 amide bonds. The van der Waals surface area contributed by atoms with E-state index >= 15 is 0 Å². The SMILES string of the molecule is CCCCCc1cc(C(=O)O)ccc1C(=O)O. The van der Waals surface area contributed by atoms with Crippen molar-refractivity contribution in [1.29, 1.82) is 0 Å². The number of unbranched alkanes of at least 4 members (excludes halogenated alkanes) is 2. The quantitative estimate of drug-likeness (QED) is 0.745. The predicted octanol–water partition coefficient (Wildman–Crippen LogP) is 2.82. The van der Waals surface area contributed by atoms with Gasteiger partial charge in [0, 0.05) is 0 Å². The number of carboxylic acids is 2.